The smallest absolute Gasteiger partial charge is 0.228 e. The maximum atomic E-state index is 12.0. The van der Waals surface area contributed by atoms with E-state index in [1.807, 2.05) is 0 Å². The number of carbonyl (C=O) groups excluding carboxylic acids is 2. The van der Waals surface area contributed by atoms with Crippen molar-refractivity contribution in [1.82, 2.24) is 9.97 Å². The van der Waals surface area contributed by atoms with Crippen molar-refractivity contribution in [3.63, 3.8) is 0 Å². The van der Waals surface area contributed by atoms with E-state index in [9.17, 15) is 9.59 Å². The number of hydrogen-bond donors (Lipinski definition) is 2. The summed E-state index contributed by atoms with van der Waals surface area (Å²) in [6.45, 7) is 2.02. The minimum absolute atomic E-state index is 0.0525. The van der Waals surface area contributed by atoms with Crippen LogP contribution in [-0.4, -0.2) is 33.3 Å². The standard InChI is InChI=1S/C11H15N5O2S/c1-6(17)19-4-7-2-8(18)16(3-7)11-9(12)10(13)14-5-15-11/h5,7H,2-4,12H2,1H3,(H2,13,14,15). The molecule has 0 aliphatic carbocycles. The second kappa shape index (κ2) is 5.43. The Bertz CT molecular complexity index is 522. The lowest BCUT2D eigenvalue weighted by molar-refractivity contribution is -0.117. The van der Waals surface area contributed by atoms with Crippen LogP contribution in [0, 0.1) is 5.92 Å². The van der Waals surface area contributed by atoms with Crippen LogP contribution in [0.2, 0.25) is 0 Å². The van der Waals surface area contributed by atoms with Gasteiger partial charge in [0.1, 0.15) is 12.0 Å². The van der Waals surface area contributed by atoms with E-state index in [0.29, 0.717) is 24.5 Å². The maximum absolute atomic E-state index is 12.0. The number of nitrogens with two attached hydrogens (primary N) is 2. The highest BCUT2D eigenvalue weighted by molar-refractivity contribution is 8.13. The van der Waals surface area contributed by atoms with Crippen molar-refractivity contribution in [2.75, 3.05) is 28.7 Å². The van der Waals surface area contributed by atoms with Gasteiger partial charge in [-0.3, -0.25) is 14.5 Å². The van der Waals surface area contributed by atoms with Crippen molar-refractivity contribution in [2.45, 2.75) is 13.3 Å². The van der Waals surface area contributed by atoms with Crippen molar-refractivity contribution < 1.29 is 9.59 Å². The fourth-order valence-corrected chi connectivity index (χ4v) is 2.64. The van der Waals surface area contributed by atoms with E-state index in [0.717, 1.165) is 0 Å². The topological polar surface area (TPSA) is 115 Å². The molecular weight excluding hydrogens is 266 g/mol. The lowest BCUT2D eigenvalue weighted by Gasteiger charge is -2.17. The van der Waals surface area contributed by atoms with Gasteiger partial charge in [-0.05, 0) is 5.92 Å². The predicted octanol–water partition coefficient (Wildman–Crippen LogP) is 0.274. The number of amides is 1. The van der Waals surface area contributed by atoms with Crippen LogP contribution in [0.3, 0.4) is 0 Å². The van der Waals surface area contributed by atoms with Crippen LogP contribution in [-0.2, 0) is 9.59 Å². The number of carbonyl (C=O) groups is 2. The van der Waals surface area contributed by atoms with Crippen molar-refractivity contribution in [2.24, 2.45) is 5.92 Å². The van der Waals surface area contributed by atoms with Gasteiger partial charge in [-0.25, -0.2) is 9.97 Å². The molecule has 1 aromatic heterocycles. The van der Waals surface area contributed by atoms with Gasteiger partial charge in [-0.15, -0.1) is 0 Å². The third-order valence-electron chi connectivity index (χ3n) is 2.88. The lowest BCUT2D eigenvalue weighted by Crippen LogP contribution is -2.27. The Kier molecular flexibility index (Phi) is 3.89. The molecule has 102 valence electrons. The van der Waals surface area contributed by atoms with Crippen LogP contribution in [0.5, 0.6) is 0 Å². The molecule has 1 aromatic rings. The fourth-order valence-electron chi connectivity index (χ4n) is 1.95. The van der Waals surface area contributed by atoms with E-state index >= 15 is 0 Å². The molecule has 2 heterocycles. The predicted molar refractivity (Wildman–Crippen MR) is 74.5 cm³/mol. The number of rotatable bonds is 3. The maximum Gasteiger partial charge on any atom is 0.228 e. The summed E-state index contributed by atoms with van der Waals surface area (Å²) in [5, 5.41) is 0.0525. The SMILES string of the molecule is CC(=O)SCC1CC(=O)N(c2ncnc(N)c2N)C1. The first-order chi connectivity index (χ1) is 8.99. The number of hydrogen-bond acceptors (Lipinski definition) is 7. The lowest BCUT2D eigenvalue weighted by atomic mass is 10.1. The largest absolute Gasteiger partial charge is 0.393 e. The summed E-state index contributed by atoms with van der Waals surface area (Å²) in [5.41, 5.74) is 11.6. The third kappa shape index (κ3) is 2.95. The summed E-state index contributed by atoms with van der Waals surface area (Å²) in [6.07, 6.45) is 1.68. The minimum Gasteiger partial charge on any atom is -0.393 e. The first kappa shape index (κ1) is 13.6. The zero-order chi connectivity index (χ0) is 14.0. The quantitative estimate of drug-likeness (QED) is 0.817. The summed E-state index contributed by atoms with van der Waals surface area (Å²) >= 11 is 1.23. The molecule has 0 aromatic carbocycles. The van der Waals surface area contributed by atoms with Crippen molar-refractivity contribution in [3.8, 4) is 0 Å². The van der Waals surface area contributed by atoms with E-state index in [-0.39, 0.29) is 28.4 Å². The number of aromatic nitrogens is 2. The third-order valence-corrected chi connectivity index (χ3v) is 3.92. The average Bonchev–Trinajstić information content (AvgIpc) is 2.71. The molecule has 0 bridgehead atoms. The van der Waals surface area contributed by atoms with E-state index in [1.165, 1.54) is 29.9 Å². The Hall–Kier alpha value is -1.83. The van der Waals surface area contributed by atoms with Gasteiger partial charge >= 0.3 is 0 Å². The Labute approximate surface area is 114 Å². The van der Waals surface area contributed by atoms with E-state index in [2.05, 4.69) is 9.97 Å². The highest BCUT2D eigenvalue weighted by atomic mass is 32.2. The molecule has 1 saturated heterocycles. The summed E-state index contributed by atoms with van der Waals surface area (Å²) in [4.78, 5) is 32.2. The highest BCUT2D eigenvalue weighted by Crippen LogP contribution is 2.31. The minimum atomic E-state index is -0.0565. The Balaban J connectivity index is 2.11. The molecule has 0 spiro atoms. The van der Waals surface area contributed by atoms with Crippen molar-refractivity contribution in [1.29, 1.82) is 0 Å². The molecule has 4 N–H and O–H groups in total. The van der Waals surface area contributed by atoms with Crippen LogP contribution in [0.25, 0.3) is 0 Å². The van der Waals surface area contributed by atoms with Gasteiger partial charge in [-0.2, -0.15) is 0 Å². The molecule has 0 saturated carbocycles. The van der Waals surface area contributed by atoms with Gasteiger partial charge < -0.3 is 11.5 Å². The summed E-state index contributed by atoms with van der Waals surface area (Å²) < 4.78 is 0. The van der Waals surface area contributed by atoms with Gasteiger partial charge in [0.05, 0.1) is 0 Å². The van der Waals surface area contributed by atoms with Crippen LogP contribution in [0.1, 0.15) is 13.3 Å². The first-order valence-electron chi connectivity index (χ1n) is 5.78. The van der Waals surface area contributed by atoms with Crippen molar-refractivity contribution >= 4 is 40.1 Å². The molecule has 1 unspecified atom stereocenters. The summed E-state index contributed by atoms with van der Waals surface area (Å²) in [6, 6.07) is 0. The monoisotopic (exact) mass is 281 g/mol. The van der Waals surface area contributed by atoms with Crippen molar-refractivity contribution in [3.05, 3.63) is 6.33 Å². The molecule has 1 aliphatic heterocycles. The average molecular weight is 281 g/mol. The van der Waals surface area contributed by atoms with Gasteiger partial charge in [-0.1, -0.05) is 11.8 Å². The van der Waals surface area contributed by atoms with Gasteiger partial charge in [0, 0.05) is 25.6 Å². The normalized spacial score (nSPS) is 18.9. The molecule has 1 fully saturated rings. The fraction of sp³-hybridized carbons (Fsp3) is 0.455. The Morgan fingerprint density at radius 1 is 1.53 bits per heavy atom. The molecule has 2 rings (SSSR count). The molecule has 0 radical (unpaired) electrons. The highest BCUT2D eigenvalue weighted by Gasteiger charge is 2.33. The Morgan fingerprint density at radius 2 is 2.26 bits per heavy atom. The summed E-state index contributed by atoms with van der Waals surface area (Å²) in [7, 11) is 0. The molecule has 8 heteroatoms. The molecule has 1 atom stereocenters. The second-order valence-electron chi connectivity index (χ2n) is 4.37. The van der Waals surface area contributed by atoms with Crippen LogP contribution >= 0.6 is 11.8 Å². The molecular formula is C11H15N5O2S. The van der Waals surface area contributed by atoms with Gasteiger partial charge in [0.2, 0.25) is 5.91 Å². The van der Waals surface area contributed by atoms with E-state index in [1.54, 1.807) is 0 Å². The van der Waals surface area contributed by atoms with Gasteiger partial charge in [0.15, 0.2) is 16.8 Å². The zero-order valence-corrected chi connectivity index (χ0v) is 11.3. The number of nitrogens with zero attached hydrogens (tertiary/aromatic N) is 3. The van der Waals surface area contributed by atoms with Crippen LogP contribution < -0.4 is 16.4 Å². The Morgan fingerprint density at radius 3 is 2.95 bits per heavy atom. The number of anilines is 3. The number of nitrogen functional groups attached to an aromatic ring is 2. The van der Waals surface area contributed by atoms with Crippen LogP contribution in [0.15, 0.2) is 6.33 Å². The second-order valence-corrected chi connectivity index (χ2v) is 5.57. The molecule has 19 heavy (non-hydrogen) atoms. The zero-order valence-electron chi connectivity index (χ0n) is 10.5. The molecule has 1 amide bonds. The number of thioether (sulfide) groups is 1. The van der Waals surface area contributed by atoms with E-state index in [4.69, 9.17) is 11.5 Å². The van der Waals surface area contributed by atoms with Gasteiger partial charge in [0.25, 0.3) is 0 Å². The molecule has 7 nitrogen and oxygen atoms in total. The summed E-state index contributed by atoms with van der Waals surface area (Å²) in [5.74, 6) is 1.21. The van der Waals surface area contributed by atoms with E-state index < -0.39 is 0 Å². The van der Waals surface area contributed by atoms with Crippen LogP contribution in [0.4, 0.5) is 17.3 Å². The first-order valence-corrected chi connectivity index (χ1v) is 6.77. The molecule has 1 aliphatic rings.